The van der Waals surface area contributed by atoms with Crippen LogP contribution in [0.1, 0.15) is 26.7 Å². The van der Waals surface area contributed by atoms with Crippen molar-refractivity contribution >= 4 is 69.3 Å². The number of amides is 3. The molecule has 3 amide bonds. The number of hydrogen-bond acceptors (Lipinski definition) is 6. The lowest BCUT2D eigenvalue weighted by atomic mass is 10.1. The summed E-state index contributed by atoms with van der Waals surface area (Å²) in [6, 6.07) is 38.1. The van der Waals surface area contributed by atoms with Crippen molar-refractivity contribution in [3.8, 4) is 11.3 Å². The molecule has 1 unspecified atom stereocenters. The zero-order valence-corrected chi connectivity index (χ0v) is 28.6. The number of benzene rings is 5. The quantitative estimate of drug-likeness (QED) is 0.0916. The number of hydrogen-bond donors (Lipinski definition) is 3. The van der Waals surface area contributed by atoms with Gasteiger partial charge >= 0.3 is 0 Å². The van der Waals surface area contributed by atoms with Crippen LogP contribution in [0, 0.1) is 5.82 Å². The minimum atomic E-state index is -0.640. The zero-order valence-electron chi connectivity index (χ0n) is 26.2. The molecular weight excluding hydrogens is 691 g/mol. The molecule has 6 rings (SSSR count). The molecule has 0 radical (unpaired) electrons. The van der Waals surface area contributed by atoms with Crippen molar-refractivity contribution in [2.24, 2.45) is 0 Å². The second-order valence-electron chi connectivity index (χ2n) is 10.8. The Balaban J connectivity index is 1.18. The molecule has 0 aliphatic carbocycles. The Hall–Kier alpha value is -5.55. The molecule has 0 saturated carbocycles. The molecule has 0 aliphatic heterocycles. The third-order valence-corrected chi connectivity index (χ3v) is 9.68. The van der Waals surface area contributed by atoms with Crippen LogP contribution >= 0.6 is 34.7 Å². The molecule has 0 aliphatic rings. The van der Waals surface area contributed by atoms with Crippen LogP contribution < -0.4 is 16.0 Å². The molecule has 1 aromatic heterocycles. The summed E-state index contributed by atoms with van der Waals surface area (Å²) in [5.41, 5.74) is 3.03. The van der Waals surface area contributed by atoms with Gasteiger partial charge in [0.15, 0.2) is 5.13 Å². The minimum Gasteiger partial charge on any atom is -0.321 e. The summed E-state index contributed by atoms with van der Waals surface area (Å²) in [6.07, 6.45) is 1.29. The number of aromatic nitrogens is 1. The van der Waals surface area contributed by atoms with Crippen molar-refractivity contribution in [1.29, 1.82) is 0 Å². The predicted octanol–water partition coefficient (Wildman–Crippen LogP) is 9.48. The summed E-state index contributed by atoms with van der Waals surface area (Å²) in [6.45, 7) is 0. The smallest absolute Gasteiger partial charge is 0.272 e. The van der Waals surface area contributed by atoms with Crippen molar-refractivity contribution in [2.45, 2.75) is 10.1 Å². The largest absolute Gasteiger partial charge is 0.321 e. The molecule has 248 valence electrons. The van der Waals surface area contributed by atoms with Crippen LogP contribution in [0.2, 0.25) is 5.02 Å². The first-order chi connectivity index (χ1) is 24.3. The Bertz CT molecular complexity index is 2160. The Labute approximate surface area is 301 Å². The Morgan fingerprint density at radius 1 is 0.780 bits per heavy atom. The van der Waals surface area contributed by atoms with Crippen LogP contribution in [0.5, 0.6) is 0 Å². The Kier molecular flexibility index (Phi) is 11.1. The van der Waals surface area contributed by atoms with E-state index in [9.17, 15) is 18.8 Å². The maximum Gasteiger partial charge on any atom is 0.272 e. The van der Waals surface area contributed by atoms with Crippen molar-refractivity contribution in [3.63, 3.8) is 0 Å². The zero-order chi connectivity index (χ0) is 34.9. The van der Waals surface area contributed by atoms with Gasteiger partial charge in [0.1, 0.15) is 16.8 Å². The van der Waals surface area contributed by atoms with Crippen LogP contribution in [0.3, 0.4) is 0 Å². The van der Waals surface area contributed by atoms with E-state index in [1.54, 1.807) is 66.7 Å². The maximum atomic E-state index is 14.5. The molecule has 0 spiro atoms. The molecule has 3 N–H and O–H groups in total. The van der Waals surface area contributed by atoms with Crippen molar-refractivity contribution in [1.82, 2.24) is 10.3 Å². The second kappa shape index (κ2) is 16.2. The number of nitrogens with one attached hydrogen (secondary N) is 3. The summed E-state index contributed by atoms with van der Waals surface area (Å²) in [5.74, 6) is -1.95. The molecule has 5 aromatic carbocycles. The Morgan fingerprint density at radius 3 is 2.16 bits per heavy atom. The standard InChI is InChI=1S/C39H28ClFN4O3S2/c40-31-17-9-8-16-30(31)34-24-49-39(44-34)45-38(48)35(25-11-3-1-4-12-25)50-29-21-19-28(20-22-29)42-37(47)33(23-27-15-7-10-18-32(27)41)43-36(46)26-13-5-2-6-14-26/h1-24,35H,(H,42,47)(H,43,46)(H,44,45,48)/b33-23-. The number of nitrogens with zero attached hydrogens (tertiary/aromatic N) is 1. The fraction of sp³-hybridized carbons (Fsp3) is 0.0256. The van der Waals surface area contributed by atoms with Crippen molar-refractivity contribution in [3.05, 3.63) is 172 Å². The first-order valence-electron chi connectivity index (χ1n) is 15.3. The minimum absolute atomic E-state index is 0.136. The molecule has 11 heteroatoms. The summed E-state index contributed by atoms with van der Waals surface area (Å²) in [5, 5.41) is 10.6. The van der Waals surface area contributed by atoms with Crippen LogP contribution in [-0.4, -0.2) is 22.7 Å². The third-order valence-electron chi connectivity index (χ3n) is 7.32. The number of halogens is 2. The number of thioether (sulfide) groups is 1. The molecule has 1 atom stereocenters. The van der Waals surface area contributed by atoms with Crippen molar-refractivity contribution < 1.29 is 18.8 Å². The summed E-state index contributed by atoms with van der Waals surface area (Å²) >= 11 is 9.00. The number of carbonyl (C=O) groups is 3. The van der Waals surface area contributed by atoms with Gasteiger partial charge in [0, 0.05) is 37.7 Å². The van der Waals surface area contributed by atoms with E-state index in [0.29, 0.717) is 27.1 Å². The maximum absolute atomic E-state index is 14.5. The van der Waals surface area contributed by atoms with E-state index in [-0.39, 0.29) is 17.2 Å². The van der Waals surface area contributed by atoms with E-state index in [4.69, 9.17) is 11.6 Å². The summed E-state index contributed by atoms with van der Waals surface area (Å²) in [7, 11) is 0. The Morgan fingerprint density at radius 2 is 1.44 bits per heavy atom. The highest BCUT2D eigenvalue weighted by Gasteiger charge is 2.24. The lowest BCUT2D eigenvalue weighted by molar-refractivity contribution is -0.116. The lowest BCUT2D eigenvalue weighted by Crippen LogP contribution is -2.30. The molecule has 50 heavy (non-hydrogen) atoms. The first-order valence-corrected chi connectivity index (χ1v) is 17.4. The van der Waals surface area contributed by atoms with Gasteiger partial charge in [-0.1, -0.05) is 96.5 Å². The summed E-state index contributed by atoms with van der Waals surface area (Å²) in [4.78, 5) is 45.4. The molecular formula is C39H28ClFN4O3S2. The predicted molar refractivity (Wildman–Crippen MR) is 200 cm³/mol. The van der Waals surface area contributed by atoms with Gasteiger partial charge < -0.3 is 16.0 Å². The van der Waals surface area contributed by atoms with Crippen molar-refractivity contribution in [2.75, 3.05) is 10.6 Å². The molecule has 1 heterocycles. The van der Waals surface area contributed by atoms with E-state index in [0.717, 1.165) is 16.0 Å². The van der Waals surface area contributed by atoms with Gasteiger partial charge in [-0.3, -0.25) is 14.4 Å². The number of anilines is 2. The number of thiazole rings is 1. The third kappa shape index (κ3) is 8.72. The normalized spacial score (nSPS) is 11.8. The van der Waals surface area contributed by atoms with Gasteiger partial charge in [0.2, 0.25) is 5.91 Å². The van der Waals surface area contributed by atoms with E-state index in [1.165, 1.54) is 47.4 Å². The molecule has 7 nitrogen and oxygen atoms in total. The van der Waals surface area contributed by atoms with Crippen LogP contribution in [0.25, 0.3) is 17.3 Å². The molecule has 0 saturated heterocycles. The topological polar surface area (TPSA) is 100 Å². The highest BCUT2D eigenvalue weighted by Crippen LogP contribution is 2.38. The van der Waals surface area contributed by atoms with Crippen LogP contribution in [0.15, 0.2) is 149 Å². The lowest BCUT2D eigenvalue weighted by Gasteiger charge is -2.17. The van der Waals surface area contributed by atoms with Gasteiger partial charge in [-0.05, 0) is 60.2 Å². The number of carbonyl (C=O) groups excluding carboxylic acids is 3. The average molecular weight is 719 g/mol. The fourth-order valence-electron chi connectivity index (χ4n) is 4.84. The molecule has 6 aromatic rings. The van der Waals surface area contributed by atoms with E-state index in [1.807, 2.05) is 53.9 Å². The van der Waals surface area contributed by atoms with Gasteiger partial charge in [-0.15, -0.1) is 23.1 Å². The fourth-order valence-corrected chi connectivity index (χ4v) is 6.81. The van der Waals surface area contributed by atoms with E-state index >= 15 is 0 Å². The van der Waals surface area contributed by atoms with Crippen LogP contribution in [0.4, 0.5) is 15.2 Å². The number of rotatable bonds is 11. The van der Waals surface area contributed by atoms with Crippen LogP contribution in [-0.2, 0) is 9.59 Å². The van der Waals surface area contributed by atoms with Gasteiger partial charge in [0.25, 0.3) is 11.8 Å². The molecule has 0 fully saturated rings. The van der Waals surface area contributed by atoms with Gasteiger partial charge in [-0.2, -0.15) is 0 Å². The monoisotopic (exact) mass is 718 g/mol. The SMILES string of the molecule is O=C(Nc1ccc(SC(C(=O)Nc2nc(-c3ccccc3Cl)cs2)c2ccccc2)cc1)/C(=C/c1ccccc1F)NC(=O)c1ccccc1. The van der Waals surface area contributed by atoms with E-state index < -0.39 is 22.9 Å². The highest BCUT2D eigenvalue weighted by atomic mass is 35.5. The van der Waals surface area contributed by atoms with Gasteiger partial charge in [0.05, 0.1) is 5.69 Å². The highest BCUT2D eigenvalue weighted by molar-refractivity contribution is 8.00. The second-order valence-corrected chi connectivity index (χ2v) is 13.2. The van der Waals surface area contributed by atoms with E-state index in [2.05, 4.69) is 20.9 Å². The average Bonchev–Trinajstić information content (AvgIpc) is 3.60. The molecule has 0 bridgehead atoms. The summed E-state index contributed by atoms with van der Waals surface area (Å²) < 4.78 is 14.5. The first kappa shape index (κ1) is 34.3. The van der Waals surface area contributed by atoms with Gasteiger partial charge in [-0.25, -0.2) is 9.37 Å².